The minimum atomic E-state index is -0.799. The highest BCUT2D eigenvalue weighted by atomic mass is 16.7. The lowest BCUT2D eigenvalue weighted by Gasteiger charge is -2.42. The summed E-state index contributed by atoms with van der Waals surface area (Å²) in [5.41, 5.74) is 2.46. The maximum Gasteiger partial charge on any atom is 0.303 e. The lowest BCUT2D eigenvalue weighted by molar-refractivity contribution is -0.160. The summed E-state index contributed by atoms with van der Waals surface area (Å²) in [6.45, 7) is 13.0. The summed E-state index contributed by atoms with van der Waals surface area (Å²) in [4.78, 5) is 36.2. The van der Waals surface area contributed by atoms with Crippen molar-refractivity contribution in [2.24, 2.45) is 11.8 Å². The quantitative estimate of drug-likeness (QED) is 0.242. The maximum atomic E-state index is 12.2. The zero-order chi connectivity index (χ0) is 25.5. The van der Waals surface area contributed by atoms with Gasteiger partial charge < -0.3 is 23.7 Å². The molecule has 8 atom stereocenters. The largest absolute Gasteiger partial charge is 0.462 e. The van der Waals surface area contributed by atoms with Gasteiger partial charge in [0.05, 0.1) is 12.7 Å². The first-order valence-corrected chi connectivity index (χ1v) is 12.3. The Labute approximate surface area is 206 Å². The second-order valence-corrected chi connectivity index (χ2v) is 10.4. The molecule has 2 heterocycles. The number of allylic oxidation sites excluding steroid dienone is 1. The lowest BCUT2D eigenvalue weighted by atomic mass is 9.68. The second-order valence-electron chi connectivity index (χ2n) is 10.4. The Hall–Kier alpha value is -2.45. The van der Waals surface area contributed by atoms with Gasteiger partial charge in [-0.15, -0.1) is 0 Å². The van der Waals surface area contributed by atoms with Crippen molar-refractivity contribution in [1.29, 1.82) is 0 Å². The number of hydrogen-bond donors (Lipinski definition) is 0. The Morgan fingerprint density at radius 2 is 1.80 bits per heavy atom. The molecule has 3 fully saturated rings. The van der Waals surface area contributed by atoms with Gasteiger partial charge in [0.15, 0.2) is 12.2 Å². The lowest BCUT2D eigenvalue weighted by Crippen LogP contribution is -2.44. The number of ether oxygens (including phenoxy) is 5. The van der Waals surface area contributed by atoms with E-state index in [-0.39, 0.29) is 41.7 Å². The van der Waals surface area contributed by atoms with Crippen molar-refractivity contribution < 1.29 is 38.1 Å². The SMILES string of the molecule is C=C1C[C@H]2OC2[C@]2(CC[C@@H]3C([C@@H](OC(C)=O)[C@H](C=C(C)C)OC(C)=O)=CC[C@H](OC(C)=O)[C@@H]13)CO2. The van der Waals surface area contributed by atoms with Crippen LogP contribution in [0.4, 0.5) is 0 Å². The van der Waals surface area contributed by atoms with Crippen molar-refractivity contribution in [3.05, 3.63) is 35.5 Å². The molecule has 2 saturated heterocycles. The number of esters is 3. The first kappa shape index (κ1) is 25.6. The highest BCUT2D eigenvalue weighted by Crippen LogP contribution is 2.54. The van der Waals surface area contributed by atoms with E-state index in [9.17, 15) is 14.4 Å². The first-order chi connectivity index (χ1) is 16.5. The van der Waals surface area contributed by atoms with Crippen LogP contribution in [-0.4, -0.2) is 60.6 Å². The summed E-state index contributed by atoms with van der Waals surface area (Å²) in [6.07, 6.45) is 4.53. The minimum absolute atomic E-state index is 0.0554. The number of fused-ring (bicyclic) bond motifs is 3. The average Bonchev–Trinajstić information content (AvgIpc) is 3.64. The Balaban J connectivity index is 1.75. The van der Waals surface area contributed by atoms with E-state index in [0.29, 0.717) is 25.9 Å². The van der Waals surface area contributed by atoms with Crippen molar-refractivity contribution >= 4 is 17.9 Å². The number of carbonyl (C=O) groups is 3. The molecule has 0 amide bonds. The van der Waals surface area contributed by atoms with Gasteiger partial charge in [-0.25, -0.2) is 0 Å². The van der Waals surface area contributed by atoms with E-state index >= 15 is 0 Å². The molecule has 0 N–H and O–H groups in total. The van der Waals surface area contributed by atoms with Crippen molar-refractivity contribution in [3.63, 3.8) is 0 Å². The topological polar surface area (TPSA) is 104 Å². The van der Waals surface area contributed by atoms with Crippen molar-refractivity contribution in [2.45, 2.75) is 96.4 Å². The Bertz CT molecular complexity index is 954. The summed E-state index contributed by atoms with van der Waals surface area (Å²) < 4.78 is 29.1. The molecule has 2 aliphatic carbocycles. The summed E-state index contributed by atoms with van der Waals surface area (Å²) in [6, 6.07) is 0. The predicted molar refractivity (Wildman–Crippen MR) is 126 cm³/mol. The van der Waals surface area contributed by atoms with E-state index in [2.05, 4.69) is 6.58 Å². The van der Waals surface area contributed by atoms with Crippen LogP contribution in [0.15, 0.2) is 35.5 Å². The standard InChI is InChI=1S/C27H36O8/c1-14(2)11-22(33-17(5)29)25(34-18(6)30)20-7-8-21(32-16(4)28)24-15(3)12-23-26(35-23)27(13-31-27)10-9-19(20)24/h7,11,19,21-26H,3,8-10,12-13H2,1-2,4-6H3/t19-,21+,22+,23-,24+,25-,26?,27+/m1/s1. The fraction of sp³-hybridized carbons (Fsp3) is 0.667. The third-order valence-corrected chi connectivity index (χ3v) is 7.31. The van der Waals surface area contributed by atoms with Crippen molar-refractivity contribution in [1.82, 2.24) is 0 Å². The van der Waals surface area contributed by atoms with Crippen molar-refractivity contribution in [3.8, 4) is 0 Å². The van der Waals surface area contributed by atoms with Crippen LogP contribution >= 0.6 is 0 Å². The smallest absolute Gasteiger partial charge is 0.303 e. The van der Waals surface area contributed by atoms with Gasteiger partial charge >= 0.3 is 17.9 Å². The van der Waals surface area contributed by atoms with Gasteiger partial charge in [0.25, 0.3) is 0 Å². The van der Waals surface area contributed by atoms with E-state index in [0.717, 1.165) is 23.1 Å². The summed E-state index contributed by atoms with van der Waals surface area (Å²) in [5, 5.41) is 0. The highest BCUT2D eigenvalue weighted by Gasteiger charge is 2.64. The van der Waals surface area contributed by atoms with Crippen LogP contribution in [0, 0.1) is 11.8 Å². The Kier molecular flexibility index (Phi) is 7.25. The van der Waals surface area contributed by atoms with Gasteiger partial charge in [0.1, 0.15) is 17.8 Å². The summed E-state index contributed by atoms with van der Waals surface area (Å²) in [7, 11) is 0. The van der Waals surface area contributed by atoms with E-state index in [1.807, 2.05) is 26.0 Å². The Morgan fingerprint density at radius 1 is 1.11 bits per heavy atom. The van der Waals surface area contributed by atoms with Gasteiger partial charge in [-0.2, -0.15) is 0 Å². The normalized spacial score (nSPS) is 34.9. The molecule has 4 aliphatic rings. The summed E-state index contributed by atoms with van der Waals surface area (Å²) in [5.74, 6) is -1.59. The summed E-state index contributed by atoms with van der Waals surface area (Å²) >= 11 is 0. The molecule has 4 rings (SSSR count). The van der Waals surface area contributed by atoms with E-state index in [1.165, 1.54) is 20.8 Å². The van der Waals surface area contributed by atoms with Crippen LogP contribution in [0.1, 0.15) is 60.3 Å². The zero-order valence-electron chi connectivity index (χ0n) is 21.2. The first-order valence-electron chi connectivity index (χ1n) is 12.3. The molecule has 8 heteroatoms. The van der Waals surface area contributed by atoms with Gasteiger partial charge in [-0.1, -0.05) is 23.8 Å². The minimum Gasteiger partial charge on any atom is -0.462 e. The molecular formula is C27H36O8. The van der Waals surface area contributed by atoms with Crippen molar-refractivity contribution in [2.75, 3.05) is 6.61 Å². The average molecular weight is 489 g/mol. The molecule has 0 bridgehead atoms. The molecule has 1 unspecified atom stereocenters. The van der Waals surface area contributed by atoms with Crippen LogP contribution in [0.25, 0.3) is 0 Å². The third kappa shape index (κ3) is 5.70. The number of carbonyl (C=O) groups excluding carboxylic acids is 3. The molecule has 0 aromatic heterocycles. The maximum absolute atomic E-state index is 12.2. The molecule has 1 saturated carbocycles. The monoisotopic (exact) mass is 488 g/mol. The molecular weight excluding hydrogens is 452 g/mol. The van der Waals surface area contributed by atoms with Crippen LogP contribution in [0.5, 0.6) is 0 Å². The van der Waals surface area contributed by atoms with Crippen LogP contribution in [0.2, 0.25) is 0 Å². The molecule has 1 spiro atoms. The van der Waals surface area contributed by atoms with Crippen LogP contribution in [-0.2, 0) is 38.1 Å². The van der Waals surface area contributed by atoms with E-state index in [4.69, 9.17) is 23.7 Å². The molecule has 0 aromatic carbocycles. The zero-order valence-corrected chi connectivity index (χ0v) is 21.2. The molecule has 0 radical (unpaired) electrons. The van der Waals surface area contributed by atoms with Crippen LogP contribution < -0.4 is 0 Å². The van der Waals surface area contributed by atoms with Gasteiger partial charge in [-0.3, -0.25) is 14.4 Å². The molecule has 0 aromatic rings. The predicted octanol–water partition coefficient (Wildman–Crippen LogP) is 3.59. The third-order valence-electron chi connectivity index (χ3n) is 7.31. The Morgan fingerprint density at radius 3 is 2.37 bits per heavy atom. The molecule has 8 nitrogen and oxygen atoms in total. The van der Waals surface area contributed by atoms with Gasteiger partial charge in [0, 0.05) is 33.1 Å². The second kappa shape index (κ2) is 9.90. The number of epoxide rings is 2. The van der Waals surface area contributed by atoms with E-state index < -0.39 is 24.1 Å². The molecule has 2 aliphatic heterocycles. The fourth-order valence-corrected chi connectivity index (χ4v) is 5.88. The number of rotatable bonds is 6. The van der Waals surface area contributed by atoms with Crippen LogP contribution in [0.3, 0.4) is 0 Å². The highest BCUT2D eigenvalue weighted by molar-refractivity contribution is 5.68. The number of hydrogen-bond acceptors (Lipinski definition) is 8. The molecule has 192 valence electrons. The molecule has 35 heavy (non-hydrogen) atoms. The fourth-order valence-electron chi connectivity index (χ4n) is 5.88. The van der Waals surface area contributed by atoms with Gasteiger partial charge in [-0.05, 0) is 50.7 Å². The van der Waals surface area contributed by atoms with Gasteiger partial charge in [0.2, 0.25) is 0 Å². The van der Waals surface area contributed by atoms with E-state index in [1.54, 1.807) is 0 Å².